The van der Waals surface area contributed by atoms with Crippen LogP contribution in [0.3, 0.4) is 0 Å². The van der Waals surface area contributed by atoms with Crippen LogP contribution in [-0.4, -0.2) is 48.1 Å². The minimum atomic E-state index is 0.204. The summed E-state index contributed by atoms with van der Waals surface area (Å²) in [7, 11) is 3.79. The first-order valence-corrected chi connectivity index (χ1v) is 8.83. The molecule has 6 nitrogen and oxygen atoms in total. The number of aryl methyl sites for hydroxylation is 1. The molecule has 0 N–H and O–H groups in total. The second kappa shape index (κ2) is 8.31. The van der Waals surface area contributed by atoms with Crippen molar-refractivity contribution in [2.45, 2.75) is 52.4 Å². The molecule has 1 saturated heterocycles. The quantitative estimate of drug-likeness (QED) is 0.772. The molecule has 23 heavy (non-hydrogen) atoms. The summed E-state index contributed by atoms with van der Waals surface area (Å²) >= 11 is 0. The smallest absolute Gasteiger partial charge is 0.323 e. The summed E-state index contributed by atoms with van der Waals surface area (Å²) in [4.78, 5) is 20.6. The molecule has 0 aliphatic carbocycles. The number of rotatable bonds is 7. The fourth-order valence-corrected chi connectivity index (χ4v) is 3.20. The van der Waals surface area contributed by atoms with E-state index in [1.165, 1.54) is 0 Å². The van der Waals surface area contributed by atoms with Gasteiger partial charge in [0.1, 0.15) is 0 Å². The first kappa shape index (κ1) is 17.8. The lowest BCUT2D eigenvalue weighted by molar-refractivity contribution is -0.137. The van der Waals surface area contributed by atoms with Crippen LogP contribution < -0.4 is 4.90 Å². The van der Waals surface area contributed by atoms with Crippen LogP contribution in [0.1, 0.15) is 51.8 Å². The third-order valence-corrected chi connectivity index (χ3v) is 4.88. The van der Waals surface area contributed by atoms with Crippen molar-refractivity contribution in [2.75, 3.05) is 32.1 Å². The van der Waals surface area contributed by atoms with Gasteiger partial charge in [-0.3, -0.25) is 4.79 Å². The Morgan fingerprint density at radius 1 is 1.30 bits per heavy atom. The number of hydrogen-bond donors (Lipinski definition) is 0. The third kappa shape index (κ3) is 4.69. The van der Waals surface area contributed by atoms with Gasteiger partial charge in [0.25, 0.3) is 0 Å². The van der Waals surface area contributed by atoms with Crippen LogP contribution in [0.2, 0.25) is 0 Å². The van der Waals surface area contributed by atoms with Crippen LogP contribution in [0.4, 0.5) is 6.01 Å². The van der Waals surface area contributed by atoms with E-state index >= 15 is 0 Å². The lowest BCUT2D eigenvalue weighted by Crippen LogP contribution is -2.41. The Morgan fingerprint density at radius 2 is 1.96 bits per heavy atom. The van der Waals surface area contributed by atoms with Crippen molar-refractivity contribution in [1.29, 1.82) is 0 Å². The van der Waals surface area contributed by atoms with Gasteiger partial charge in [-0.05, 0) is 38.0 Å². The van der Waals surface area contributed by atoms with E-state index in [1.807, 2.05) is 19.0 Å². The average molecular weight is 322 g/mol. The number of carbonyl (C=O) groups excluding carboxylic acids is 1. The zero-order valence-electron chi connectivity index (χ0n) is 14.9. The van der Waals surface area contributed by atoms with E-state index in [0.717, 1.165) is 57.4 Å². The minimum Gasteiger partial charge on any atom is -0.342 e. The fraction of sp³-hybridized carbons (Fsp3) is 0.824. The molecule has 1 aliphatic heterocycles. The highest BCUT2D eigenvalue weighted by molar-refractivity contribution is 5.78. The zero-order valence-corrected chi connectivity index (χ0v) is 14.9. The second-order valence-corrected chi connectivity index (χ2v) is 6.71. The zero-order chi connectivity index (χ0) is 16.8. The molecule has 0 bridgehead atoms. The van der Waals surface area contributed by atoms with Crippen molar-refractivity contribution in [3.05, 3.63) is 5.82 Å². The van der Waals surface area contributed by atoms with Crippen LogP contribution in [-0.2, 0) is 11.2 Å². The molecule has 130 valence electrons. The van der Waals surface area contributed by atoms with E-state index in [9.17, 15) is 4.79 Å². The Morgan fingerprint density at radius 3 is 2.48 bits per heavy atom. The van der Waals surface area contributed by atoms with Gasteiger partial charge >= 0.3 is 6.01 Å². The lowest BCUT2D eigenvalue weighted by atomic mass is 9.91. The molecule has 6 heteroatoms. The first-order chi connectivity index (χ1) is 11.0. The van der Waals surface area contributed by atoms with Gasteiger partial charge in [0.2, 0.25) is 5.91 Å². The Labute approximate surface area is 139 Å². The van der Waals surface area contributed by atoms with Crippen molar-refractivity contribution < 1.29 is 9.32 Å². The summed E-state index contributed by atoms with van der Waals surface area (Å²) in [5.74, 6) is 1.99. The number of piperidine rings is 1. The topological polar surface area (TPSA) is 62.5 Å². The lowest BCUT2D eigenvalue weighted by Gasteiger charge is -2.34. The van der Waals surface area contributed by atoms with Crippen molar-refractivity contribution >= 4 is 11.9 Å². The number of hydrogen-bond acceptors (Lipinski definition) is 5. The maximum absolute atomic E-state index is 12.4. The van der Waals surface area contributed by atoms with Crippen molar-refractivity contribution in [1.82, 2.24) is 15.0 Å². The molecule has 0 aromatic carbocycles. The number of likely N-dealkylation sites (tertiary alicyclic amines) is 1. The average Bonchev–Trinajstić information content (AvgIpc) is 3.04. The second-order valence-electron chi connectivity index (χ2n) is 6.71. The molecule has 1 aromatic rings. The Balaban J connectivity index is 1.75. The van der Waals surface area contributed by atoms with E-state index in [4.69, 9.17) is 4.52 Å². The van der Waals surface area contributed by atoms with Crippen molar-refractivity contribution in [2.24, 2.45) is 11.8 Å². The maximum atomic E-state index is 12.4. The molecule has 0 radical (unpaired) electrons. The van der Waals surface area contributed by atoms with Gasteiger partial charge < -0.3 is 14.3 Å². The van der Waals surface area contributed by atoms with E-state index in [2.05, 4.69) is 28.9 Å². The third-order valence-electron chi connectivity index (χ3n) is 4.88. The number of amides is 1. The fourth-order valence-electron chi connectivity index (χ4n) is 3.20. The summed E-state index contributed by atoms with van der Waals surface area (Å²) in [6.45, 7) is 6.00. The molecule has 0 atom stereocenters. The monoisotopic (exact) mass is 322 g/mol. The molecule has 1 amide bonds. The van der Waals surface area contributed by atoms with Crippen LogP contribution in [0.5, 0.6) is 0 Å². The Kier molecular flexibility index (Phi) is 6.42. The summed E-state index contributed by atoms with van der Waals surface area (Å²) in [6, 6.07) is 0.561. The molecule has 2 rings (SSSR count). The standard InChI is InChI=1S/C17H30N4O2/c1-5-14(6-2)16(22)21-11-9-13(10-12-21)7-8-15-18-17(20(3)4)23-19-15/h13-14H,5-12H2,1-4H3. The van der Waals surface area contributed by atoms with E-state index in [-0.39, 0.29) is 5.92 Å². The van der Waals surface area contributed by atoms with Crippen LogP contribution >= 0.6 is 0 Å². The molecule has 2 heterocycles. The maximum Gasteiger partial charge on any atom is 0.323 e. The summed E-state index contributed by atoms with van der Waals surface area (Å²) in [5, 5.41) is 4.02. The van der Waals surface area contributed by atoms with Gasteiger partial charge in [-0.15, -0.1) is 0 Å². The Hall–Kier alpha value is -1.59. The van der Waals surface area contributed by atoms with E-state index < -0.39 is 0 Å². The highest BCUT2D eigenvalue weighted by Crippen LogP contribution is 2.24. The molecule has 0 saturated carbocycles. The minimum absolute atomic E-state index is 0.204. The van der Waals surface area contributed by atoms with Gasteiger partial charge in [-0.1, -0.05) is 19.0 Å². The molecule has 0 unspecified atom stereocenters. The normalized spacial score (nSPS) is 16.1. The predicted octanol–water partition coefficient (Wildman–Crippen LogP) is 2.74. The van der Waals surface area contributed by atoms with Gasteiger partial charge in [0, 0.05) is 39.5 Å². The van der Waals surface area contributed by atoms with Crippen molar-refractivity contribution in [3.63, 3.8) is 0 Å². The number of nitrogens with zero attached hydrogens (tertiary/aromatic N) is 4. The molecule has 1 aromatic heterocycles. The van der Waals surface area contributed by atoms with Crippen LogP contribution in [0.25, 0.3) is 0 Å². The van der Waals surface area contributed by atoms with Gasteiger partial charge in [0.15, 0.2) is 5.82 Å². The molecule has 0 spiro atoms. The van der Waals surface area contributed by atoms with Gasteiger partial charge in [-0.2, -0.15) is 4.98 Å². The molecule has 1 fully saturated rings. The predicted molar refractivity (Wildman–Crippen MR) is 90.3 cm³/mol. The highest BCUT2D eigenvalue weighted by Gasteiger charge is 2.26. The summed E-state index contributed by atoms with van der Waals surface area (Å²) in [6.07, 6.45) is 5.99. The summed E-state index contributed by atoms with van der Waals surface area (Å²) < 4.78 is 5.18. The largest absolute Gasteiger partial charge is 0.342 e. The van der Waals surface area contributed by atoms with Crippen molar-refractivity contribution in [3.8, 4) is 0 Å². The molecular formula is C17H30N4O2. The number of carbonyl (C=O) groups is 1. The number of aromatic nitrogens is 2. The SMILES string of the molecule is CCC(CC)C(=O)N1CCC(CCc2noc(N(C)C)n2)CC1. The summed E-state index contributed by atoms with van der Waals surface area (Å²) in [5.41, 5.74) is 0. The first-order valence-electron chi connectivity index (χ1n) is 8.83. The molecular weight excluding hydrogens is 292 g/mol. The Bertz CT molecular complexity index is 489. The number of anilines is 1. The van der Waals surface area contributed by atoms with Gasteiger partial charge in [0.05, 0.1) is 0 Å². The highest BCUT2D eigenvalue weighted by atomic mass is 16.5. The van der Waals surface area contributed by atoms with E-state index in [0.29, 0.717) is 17.8 Å². The molecule has 1 aliphatic rings. The van der Waals surface area contributed by atoms with Crippen LogP contribution in [0.15, 0.2) is 4.52 Å². The van der Waals surface area contributed by atoms with Crippen LogP contribution in [0, 0.1) is 11.8 Å². The van der Waals surface area contributed by atoms with E-state index in [1.54, 1.807) is 0 Å². The van der Waals surface area contributed by atoms with Gasteiger partial charge in [-0.25, -0.2) is 0 Å².